The van der Waals surface area contributed by atoms with Crippen molar-refractivity contribution >= 4 is 60.3 Å². The summed E-state index contributed by atoms with van der Waals surface area (Å²) in [5, 5.41) is 0. The Morgan fingerprint density at radius 2 is 0.400 bits per heavy atom. The van der Waals surface area contributed by atoms with E-state index in [1.54, 1.807) is 0 Å². The Kier molecular flexibility index (Phi) is 517. The summed E-state index contributed by atoms with van der Waals surface area (Å²) in [6.07, 6.45) is 0. The lowest BCUT2D eigenvalue weighted by Gasteiger charge is -0.198. The van der Waals surface area contributed by atoms with Gasteiger partial charge in [-0.2, -0.15) is 60.3 Å². The maximum atomic E-state index is 0. The van der Waals surface area contributed by atoms with Crippen LogP contribution in [0.1, 0.15) is 0 Å². The van der Waals surface area contributed by atoms with Gasteiger partial charge in [-0.3, -0.25) is 0 Å². The Bertz CT molecular complexity index is 4.85. The highest BCUT2D eigenvalue weighted by Crippen LogP contribution is 0.862. The van der Waals surface area contributed by atoms with Crippen molar-refractivity contribution < 1.29 is 0 Å². The van der Waals surface area contributed by atoms with E-state index in [9.17, 15) is 0 Å². The van der Waals surface area contributed by atoms with E-state index >= 15 is 0 Å². The van der Waals surface area contributed by atoms with E-state index in [-0.39, 0.29) is 60.3 Å². The van der Waals surface area contributed by atoms with Crippen LogP contribution in [-0.2, 0) is 0 Å². The Balaban J connectivity index is 0. The van der Waals surface area contributed by atoms with Gasteiger partial charge in [0.15, 0.2) is 0 Å². The highest BCUT2D eigenvalue weighted by atomic mass is 32.1. The average molecular weight is 170 g/mol. The SMILES string of the molecule is P.P.S.S.S. The second-order valence-electron chi connectivity index (χ2n) is 0. The lowest BCUT2D eigenvalue weighted by Crippen LogP contribution is 0.647. The van der Waals surface area contributed by atoms with E-state index in [1.807, 2.05) is 0 Å². The smallest absolute Gasteiger partial charge is 0.153 e. The van der Waals surface area contributed by atoms with Crippen LogP contribution in [0.5, 0.6) is 0 Å². The average Bonchev–Trinajstić information content (AvgIpc) is 0. The summed E-state index contributed by atoms with van der Waals surface area (Å²) in [6.45, 7) is 0. The van der Waals surface area contributed by atoms with Crippen molar-refractivity contribution in [2.24, 2.45) is 0 Å². The normalized spacial score (nSPS) is 0. The van der Waals surface area contributed by atoms with Gasteiger partial charge in [0.25, 0.3) is 0 Å². The molecule has 0 saturated carbocycles. The molecule has 0 radical (unpaired) electrons. The number of hydrogen-bond donors (Lipinski definition) is 0. The summed E-state index contributed by atoms with van der Waals surface area (Å²) in [5.74, 6) is 0. The van der Waals surface area contributed by atoms with Crippen molar-refractivity contribution in [3.63, 3.8) is 0 Å². The topological polar surface area (TPSA) is 0 Å². The third-order valence-corrected chi connectivity index (χ3v) is 0. The van der Waals surface area contributed by atoms with Crippen LogP contribution in [0.4, 0.5) is 0 Å². The molecule has 0 aliphatic rings. The highest BCUT2D eigenvalue weighted by molar-refractivity contribution is 7.59. The van der Waals surface area contributed by atoms with E-state index in [1.165, 1.54) is 0 Å². The fraction of sp³-hybridized carbons (Fsp3) is 0. The van der Waals surface area contributed by atoms with Gasteiger partial charge in [0, 0.05) is 0 Å². The van der Waals surface area contributed by atoms with E-state index in [2.05, 4.69) is 0 Å². The minimum absolute atomic E-state index is 0. The molecule has 0 saturated heterocycles. The van der Waals surface area contributed by atoms with Crippen molar-refractivity contribution in [2.45, 2.75) is 0 Å². The van der Waals surface area contributed by atoms with Crippen molar-refractivity contribution in [3.05, 3.63) is 0 Å². The lowest BCUT2D eigenvalue weighted by molar-refractivity contribution is 6.92. The Morgan fingerprint density at radius 1 is 0.400 bits per heavy atom. The number of rotatable bonds is 0. The summed E-state index contributed by atoms with van der Waals surface area (Å²) in [5.41, 5.74) is 0. The largest absolute Gasteiger partial charge is 0.197 e. The monoisotopic (exact) mass is 170 g/mol. The third kappa shape index (κ3) is 24.8. The zero-order chi connectivity index (χ0) is 0. The van der Waals surface area contributed by atoms with Gasteiger partial charge in [-0.25, -0.2) is 0 Å². The van der Waals surface area contributed by atoms with Gasteiger partial charge in [0.2, 0.25) is 0 Å². The minimum Gasteiger partial charge on any atom is -0.197 e. The molecule has 40 valence electrons. The zero-order valence-electron chi connectivity index (χ0n) is 2.91. The quantitative estimate of drug-likeness (QED) is 0.463. The fourth-order valence-electron chi connectivity index (χ4n) is 0. The van der Waals surface area contributed by atoms with Gasteiger partial charge < -0.3 is 0 Å². The molecular formula is H12P2S3. The van der Waals surface area contributed by atoms with Gasteiger partial charge in [-0.15, -0.1) is 0 Å². The highest BCUT2D eigenvalue weighted by Gasteiger charge is -0.152. The predicted molar refractivity (Wildman–Crippen MR) is 53.4 cm³/mol. The maximum Gasteiger partial charge on any atom is -0.153 e. The minimum atomic E-state index is 0. The standard InChI is InChI=1S/2H3P.3H2S/h2*1H3;3*1H2. The van der Waals surface area contributed by atoms with Crippen LogP contribution in [0, 0.1) is 0 Å². The van der Waals surface area contributed by atoms with E-state index in [0.29, 0.717) is 0 Å². The first kappa shape index (κ1) is 66.2. The molecule has 0 spiro atoms. The molecule has 0 fully saturated rings. The molecule has 0 aliphatic heterocycles. The first-order valence-electron chi connectivity index (χ1n) is 0. The summed E-state index contributed by atoms with van der Waals surface area (Å²) in [4.78, 5) is 0. The molecule has 0 heterocycles. The van der Waals surface area contributed by atoms with Crippen molar-refractivity contribution in [3.8, 4) is 0 Å². The molecule has 0 aromatic carbocycles. The second kappa shape index (κ2) is 39.1. The van der Waals surface area contributed by atoms with Crippen LogP contribution in [0.15, 0.2) is 0 Å². The molecule has 0 aliphatic carbocycles. The number of hydrogen-bond acceptors (Lipinski definition) is 0. The molecule has 0 rings (SSSR count). The van der Waals surface area contributed by atoms with Gasteiger partial charge in [0.05, 0.1) is 0 Å². The van der Waals surface area contributed by atoms with E-state index in [4.69, 9.17) is 0 Å². The molecular weight excluding hydrogens is 158 g/mol. The molecule has 5 heteroatoms. The fourth-order valence-corrected chi connectivity index (χ4v) is 0. The Morgan fingerprint density at radius 3 is 0.400 bits per heavy atom. The first-order valence-corrected chi connectivity index (χ1v) is 0. The van der Waals surface area contributed by atoms with Crippen molar-refractivity contribution in [1.29, 1.82) is 0 Å². The van der Waals surface area contributed by atoms with Gasteiger partial charge in [0.1, 0.15) is 0 Å². The summed E-state index contributed by atoms with van der Waals surface area (Å²) in [6, 6.07) is 0. The van der Waals surface area contributed by atoms with Gasteiger partial charge in [-0.1, -0.05) is 0 Å². The molecule has 0 aromatic heterocycles. The van der Waals surface area contributed by atoms with Gasteiger partial charge in [-0.05, 0) is 0 Å². The van der Waals surface area contributed by atoms with Crippen molar-refractivity contribution in [2.75, 3.05) is 0 Å². The molecule has 2 unspecified atom stereocenters. The molecule has 0 bridgehead atoms. The van der Waals surface area contributed by atoms with Crippen LogP contribution in [0.2, 0.25) is 0 Å². The van der Waals surface area contributed by atoms with Crippen LogP contribution in [0.3, 0.4) is 0 Å². The van der Waals surface area contributed by atoms with Crippen LogP contribution in [-0.4, -0.2) is 0 Å². The summed E-state index contributed by atoms with van der Waals surface area (Å²) >= 11 is 0. The maximum absolute atomic E-state index is 0. The van der Waals surface area contributed by atoms with E-state index in [0.717, 1.165) is 0 Å². The zero-order valence-corrected chi connectivity index (χ0v) is 8.74. The Hall–Kier alpha value is 1.91. The third-order valence-electron chi connectivity index (χ3n) is 0. The van der Waals surface area contributed by atoms with Crippen LogP contribution in [0.25, 0.3) is 0 Å². The summed E-state index contributed by atoms with van der Waals surface area (Å²) in [7, 11) is 0. The first-order chi connectivity index (χ1) is 0. The molecule has 0 nitrogen and oxygen atoms in total. The van der Waals surface area contributed by atoms with E-state index < -0.39 is 0 Å². The molecule has 2 atom stereocenters. The Labute approximate surface area is 60.4 Å². The van der Waals surface area contributed by atoms with Crippen LogP contribution < -0.4 is 0 Å². The predicted octanol–water partition coefficient (Wildman–Crippen LogP) is 0.455. The molecule has 0 amide bonds. The second-order valence-corrected chi connectivity index (χ2v) is 0. The molecule has 0 N–H and O–H groups in total. The lowest BCUT2D eigenvalue weighted by atomic mass is 31.0. The molecule has 0 aromatic rings. The van der Waals surface area contributed by atoms with Gasteiger partial charge >= 0.3 is 0 Å². The van der Waals surface area contributed by atoms with Crippen molar-refractivity contribution in [1.82, 2.24) is 0 Å². The van der Waals surface area contributed by atoms with Crippen LogP contribution >= 0.6 is 60.3 Å². The summed E-state index contributed by atoms with van der Waals surface area (Å²) < 4.78 is 0. The molecule has 5 heavy (non-hydrogen) atoms.